The number of rotatable bonds is 5. The molecule has 3 heterocycles. The third-order valence-electron chi connectivity index (χ3n) is 4.65. The summed E-state index contributed by atoms with van der Waals surface area (Å²) in [5.41, 5.74) is 4.15. The number of hydrogen-bond acceptors (Lipinski definition) is 4. The van der Waals surface area contributed by atoms with Crippen LogP contribution in [0.4, 0.5) is 5.82 Å². The minimum atomic E-state index is 0.277. The second-order valence-electron chi connectivity index (χ2n) is 6.49. The van der Waals surface area contributed by atoms with Crippen LogP contribution in [-0.2, 0) is 4.74 Å². The van der Waals surface area contributed by atoms with E-state index in [0.29, 0.717) is 0 Å². The third kappa shape index (κ3) is 3.20. The lowest BCUT2D eigenvalue weighted by Gasteiger charge is -2.13. The van der Waals surface area contributed by atoms with Gasteiger partial charge in [0.1, 0.15) is 22.9 Å². The number of pyridine rings is 1. The first-order valence-corrected chi connectivity index (χ1v) is 8.73. The molecule has 0 saturated carbocycles. The molecule has 25 heavy (non-hydrogen) atoms. The molecular formula is C20H23N3O2. The maximum absolute atomic E-state index is 5.75. The lowest BCUT2D eigenvalue weighted by Crippen LogP contribution is -2.19. The molecule has 0 aliphatic carbocycles. The molecule has 1 N–H and O–H groups in total. The minimum Gasteiger partial charge on any atom is -0.497 e. The highest BCUT2D eigenvalue weighted by Crippen LogP contribution is 2.30. The summed E-state index contributed by atoms with van der Waals surface area (Å²) in [5, 5.41) is 3.58. The number of benzene rings is 1. The standard InChI is InChI=1S/C20H23N3O2/c1-14-5-10-18-22-19(15-6-8-16(24-2)9-7-15)20(23(18)13-14)21-12-17-4-3-11-25-17/h5-10,13,17,21H,3-4,11-12H2,1-2H3. The van der Waals surface area contributed by atoms with E-state index < -0.39 is 0 Å². The Balaban J connectivity index is 1.74. The smallest absolute Gasteiger partial charge is 0.139 e. The van der Waals surface area contributed by atoms with E-state index in [4.69, 9.17) is 14.5 Å². The predicted octanol–water partition coefficient (Wildman–Crippen LogP) is 3.91. The number of hydrogen-bond donors (Lipinski definition) is 1. The van der Waals surface area contributed by atoms with Crippen LogP contribution in [0.2, 0.25) is 0 Å². The van der Waals surface area contributed by atoms with Crippen LogP contribution in [-0.4, -0.2) is 35.8 Å². The van der Waals surface area contributed by atoms with Crippen molar-refractivity contribution in [1.82, 2.24) is 9.38 Å². The summed E-state index contributed by atoms with van der Waals surface area (Å²) in [6, 6.07) is 12.2. The van der Waals surface area contributed by atoms with E-state index in [1.165, 1.54) is 5.56 Å². The number of methoxy groups -OCH3 is 1. The van der Waals surface area contributed by atoms with Gasteiger partial charge in [0.25, 0.3) is 0 Å². The zero-order valence-corrected chi connectivity index (χ0v) is 14.7. The average Bonchev–Trinajstić information content (AvgIpc) is 3.27. The van der Waals surface area contributed by atoms with Crippen LogP contribution >= 0.6 is 0 Å². The maximum atomic E-state index is 5.75. The SMILES string of the molecule is COc1ccc(-c2nc3ccc(C)cn3c2NCC2CCCO2)cc1. The number of aryl methyl sites for hydroxylation is 1. The first kappa shape index (κ1) is 16.0. The summed E-state index contributed by atoms with van der Waals surface area (Å²) in [7, 11) is 1.68. The molecule has 0 spiro atoms. The van der Waals surface area contributed by atoms with Gasteiger partial charge in [-0.3, -0.25) is 4.40 Å². The quantitative estimate of drug-likeness (QED) is 0.767. The van der Waals surface area contributed by atoms with Crippen molar-refractivity contribution in [3.8, 4) is 17.0 Å². The zero-order chi connectivity index (χ0) is 17.2. The van der Waals surface area contributed by atoms with E-state index in [2.05, 4.69) is 35.0 Å². The Morgan fingerprint density at radius 3 is 2.80 bits per heavy atom. The van der Waals surface area contributed by atoms with Crippen molar-refractivity contribution in [2.24, 2.45) is 0 Å². The molecule has 0 radical (unpaired) electrons. The van der Waals surface area contributed by atoms with Gasteiger partial charge in [-0.05, 0) is 55.7 Å². The van der Waals surface area contributed by atoms with Crippen LogP contribution < -0.4 is 10.1 Å². The highest BCUT2D eigenvalue weighted by Gasteiger charge is 2.19. The van der Waals surface area contributed by atoms with Gasteiger partial charge in [-0.2, -0.15) is 0 Å². The lowest BCUT2D eigenvalue weighted by atomic mass is 10.1. The van der Waals surface area contributed by atoms with Crippen molar-refractivity contribution in [3.05, 3.63) is 48.2 Å². The largest absolute Gasteiger partial charge is 0.497 e. The summed E-state index contributed by atoms with van der Waals surface area (Å²) in [4.78, 5) is 4.84. The number of fused-ring (bicyclic) bond motifs is 1. The second-order valence-corrected chi connectivity index (χ2v) is 6.49. The molecule has 0 bridgehead atoms. The van der Waals surface area contributed by atoms with Crippen LogP contribution in [0, 0.1) is 6.92 Å². The molecule has 4 rings (SSSR count). The summed E-state index contributed by atoms with van der Waals surface area (Å²) in [6.45, 7) is 3.76. The molecule has 1 saturated heterocycles. The molecule has 1 unspecified atom stereocenters. The van der Waals surface area contributed by atoms with Crippen molar-refractivity contribution >= 4 is 11.5 Å². The van der Waals surface area contributed by atoms with Crippen LogP contribution in [0.15, 0.2) is 42.6 Å². The average molecular weight is 337 g/mol. The number of nitrogens with one attached hydrogen (secondary N) is 1. The first-order chi connectivity index (χ1) is 12.2. The first-order valence-electron chi connectivity index (χ1n) is 8.73. The van der Waals surface area contributed by atoms with Gasteiger partial charge in [0.15, 0.2) is 0 Å². The van der Waals surface area contributed by atoms with E-state index in [-0.39, 0.29) is 6.10 Å². The summed E-state index contributed by atoms with van der Waals surface area (Å²) in [5.74, 6) is 1.86. The van der Waals surface area contributed by atoms with Gasteiger partial charge >= 0.3 is 0 Å². The normalized spacial score (nSPS) is 17.1. The van der Waals surface area contributed by atoms with E-state index in [0.717, 1.165) is 54.5 Å². The van der Waals surface area contributed by atoms with Crippen molar-refractivity contribution in [2.45, 2.75) is 25.9 Å². The highest BCUT2D eigenvalue weighted by molar-refractivity contribution is 5.77. The molecule has 3 aromatic rings. The zero-order valence-electron chi connectivity index (χ0n) is 14.7. The fraction of sp³-hybridized carbons (Fsp3) is 0.350. The van der Waals surface area contributed by atoms with E-state index in [1.54, 1.807) is 7.11 Å². The van der Waals surface area contributed by atoms with Crippen molar-refractivity contribution in [3.63, 3.8) is 0 Å². The Bertz CT molecular complexity index is 865. The Morgan fingerprint density at radius 2 is 2.08 bits per heavy atom. The van der Waals surface area contributed by atoms with Crippen LogP contribution in [0.25, 0.3) is 16.9 Å². The Hall–Kier alpha value is -2.53. The van der Waals surface area contributed by atoms with Crippen LogP contribution in [0.5, 0.6) is 5.75 Å². The second kappa shape index (κ2) is 6.76. The summed E-state index contributed by atoms with van der Waals surface area (Å²) >= 11 is 0. The molecule has 2 aromatic heterocycles. The molecule has 1 aliphatic rings. The number of anilines is 1. The third-order valence-corrected chi connectivity index (χ3v) is 4.65. The summed E-state index contributed by atoms with van der Waals surface area (Å²) < 4.78 is 13.2. The van der Waals surface area contributed by atoms with Gasteiger partial charge in [-0.25, -0.2) is 4.98 Å². The van der Waals surface area contributed by atoms with Crippen LogP contribution in [0.1, 0.15) is 18.4 Å². The summed E-state index contributed by atoms with van der Waals surface area (Å²) in [6.07, 6.45) is 4.65. The van der Waals surface area contributed by atoms with E-state index in [1.807, 2.05) is 24.3 Å². The Kier molecular flexibility index (Phi) is 4.32. The van der Waals surface area contributed by atoms with Gasteiger partial charge in [0, 0.05) is 24.9 Å². The lowest BCUT2D eigenvalue weighted by molar-refractivity contribution is 0.120. The van der Waals surface area contributed by atoms with Gasteiger partial charge in [0.05, 0.1) is 13.2 Å². The topological polar surface area (TPSA) is 47.8 Å². The molecular weight excluding hydrogens is 314 g/mol. The number of aromatic nitrogens is 2. The predicted molar refractivity (Wildman–Crippen MR) is 99.4 cm³/mol. The molecule has 5 nitrogen and oxygen atoms in total. The molecule has 0 amide bonds. The molecule has 5 heteroatoms. The van der Waals surface area contributed by atoms with Crippen LogP contribution in [0.3, 0.4) is 0 Å². The van der Waals surface area contributed by atoms with Gasteiger partial charge in [0.2, 0.25) is 0 Å². The van der Waals surface area contributed by atoms with Gasteiger partial charge in [-0.15, -0.1) is 0 Å². The fourth-order valence-electron chi connectivity index (χ4n) is 3.29. The molecule has 1 aromatic carbocycles. The number of imidazole rings is 1. The highest BCUT2D eigenvalue weighted by atomic mass is 16.5. The minimum absolute atomic E-state index is 0.277. The maximum Gasteiger partial charge on any atom is 0.139 e. The van der Waals surface area contributed by atoms with Gasteiger partial charge < -0.3 is 14.8 Å². The monoisotopic (exact) mass is 337 g/mol. The van der Waals surface area contributed by atoms with Gasteiger partial charge in [-0.1, -0.05) is 6.07 Å². The van der Waals surface area contributed by atoms with E-state index in [9.17, 15) is 0 Å². The molecule has 1 fully saturated rings. The number of ether oxygens (including phenoxy) is 2. The Labute approximate surface area is 147 Å². The molecule has 1 aliphatic heterocycles. The van der Waals surface area contributed by atoms with Crippen molar-refractivity contribution in [2.75, 3.05) is 25.6 Å². The molecule has 1 atom stereocenters. The van der Waals surface area contributed by atoms with Crippen molar-refractivity contribution in [1.29, 1.82) is 0 Å². The fourth-order valence-corrected chi connectivity index (χ4v) is 3.29. The number of nitrogens with zero attached hydrogens (tertiary/aromatic N) is 2. The molecule has 130 valence electrons. The Morgan fingerprint density at radius 1 is 1.24 bits per heavy atom. The van der Waals surface area contributed by atoms with Crippen molar-refractivity contribution < 1.29 is 9.47 Å². The van der Waals surface area contributed by atoms with E-state index >= 15 is 0 Å².